The van der Waals surface area contributed by atoms with Crippen molar-refractivity contribution in [1.82, 2.24) is 23.9 Å². The third kappa shape index (κ3) is 4.60. The quantitative estimate of drug-likeness (QED) is 0.386. The lowest BCUT2D eigenvalue weighted by molar-refractivity contribution is 0.0826. The van der Waals surface area contributed by atoms with Crippen molar-refractivity contribution in [3.63, 3.8) is 0 Å². The molecule has 0 spiro atoms. The smallest absolute Gasteiger partial charge is 0.260 e. The fourth-order valence-electron chi connectivity index (χ4n) is 6.45. The number of benzene rings is 1. The number of aromatic nitrogens is 3. The predicted octanol–water partition coefficient (Wildman–Crippen LogP) is 4.61. The summed E-state index contributed by atoms with van der Waals surface area (Å²) in [6.07, 6.45) is 5.46. The van der Waals surface area contributed by atoms with Gasteiger partial charge < -0.3 is 14.8 Å². The van der Waals surface area contributed by atoms with Crippen LogP contribution in [0.3, 0.4) is 0 Å². The molecule has 10 heteroatoms. The highest BCUT2D eigenvalue weighted by atomic mass is 19.1. The van der Waals surface area contributed by atoms with Gasteiger partial charge in [0.15, 0.2) is 0 Å². The first-order valence-corrected chi connectivity index (χ1v) is 14.0. The minimum Gasteiger partial charge on any atom is -0.384 e. The van der Waals surface area contributed by atoms with Gasteiger partial charge in [0.25, 0.3) is 11.5 Å². The minimum atomic E-state index is -0.661. The van der Waals surface area contributed by atoms with Gasteiger partial charge in [-0.2, -0.15) is 0 Å². The van der Waals surface area contributed by atoms with E-state index in [1.165, 1.54) is 4.90 Å². The highest BCUT2D eigenvalue weighted by Crippen LogP contribution is 2.36. The molecule has 41 heavy (non-hydrogen) atoms. The van der Waals surface area contributed by atoms with E-state index in [1.54, 1.807) is 24.9 Å². The van der Waals surface area contributed by atoms with Crippen LogP contribution in [-0.2, 0) is 13.5 Å². The Morgan fingerprint density at radius 2 is 1.83 bits per heavy atom. The van der Waals surface area contributed by atoms with Gasteiger partial charge in [-0.05, 0) is 75.5 Å². The maximum Gasteiger partial charge on any atom is 0.260 e. The maximum atomic E-state index is 15.0. The summed E-state index contributed by atoms with van der Waals surface area (Å²) in [5.74, 6) is -2.01. The zero-order valence-corrected chi connectivity index (χ0v) is 23.7. The molecule has 0 radical (unpaired) electrons. The number of anilines is 1. The number of carbonyl (C=O) groups excluding carboxylic acids is 1. The lowest BCUT2D eigenvalue weighted by Gasteiger charge is -2.36. The molecular formula is C31H34F2N6O2. The SMILES string of the molecule is C[C@H](c1cc2c(-n3ccc4c(c3=O)CCN4)ccnc2n1C)N1CCC(c2c(F)cc(C(=O)N(C)C)cc2F)CC1. The number of fused-ring (bicyclic) bond motifs is 2. The molecule has 1 fully saturated rings. The molecule has 2 aliphatic rings. The van der Waals surface area contributed by atoms with E-state index in [2.05, 4.69) is 32.8 Å². The second-order valence-electron chi connectivity index (χ2n) is 11.3. The molecule has 0 unspecified atom stereocenters. The summed E-state index contributed by atoms with van der Waals surface area (Å²) in [7, 11) is 5.09. The number of hydrogen-bond acceptors (Lipinski definition) is 5. The van der Waals surface area contributed by atoms with E-state index in [-0.39, 0.29) is 28.6 Å². The number of nitrogens with zero attached hydrogens (tertiary/aromatic N) is 5. The third-order valence-electron chi connectivity index (χ3n) is 8.73. The van der Waals surface area contributed by atoms with E-state index in [1.807, 2.05) is 25.4 Å². The van der Waals surface area contributed by atoms with E-state index in [0.29, 0.717) is 32.4 Å². The van der Waals surface area contributed by atoms with Crippen molar-refractivity contribution < 1.29 is 13.6 Å². The molecular weight excluding hydrogens is 526 g/mol. The Kier molecular flexibility index (Phi) is 6.89. The number of carbonyl (C=O) groups is 1. The van der Waals surface area contributed by atoms with Crippen LogP contribution in [0.25, 0.3) is 16.7 Å². The Morgan fingerprint density at radius 1 is 1.12 bits per heavy atom. The van der Waals surface area contributed by atoms with E-state index in [0.717, 1.165) is 52.3 Å². The molecule has 3 aromatic heterocycles. The Morgan fingerprint density at radius 3 is 2.51 bits per heavy atom. The number of amides is 1. The number of piperidine rings is 1. The normalized spacial score (nSPS) is 16.5. The second kappa shape index (κ2) is 10.4. The standard InChI is InChI=1S/C31H34F2N6O2/c1-18(38-12-7-19(8-13-38)28-23(32)15-20(16-24(28)33)30(40)36(2)3)27-17-22-26(6-11-35-29(22)37(27)4)39-14-9-25-21(31(39)41)5-10-34-25/h6,9,11,14-19,34H,5,7-8,10,12-13H2,1-4H3/t18-/m1/s1. The number of pyridine rings is 2. The number of hydrogen-bond donors (Lipinski definition) is 1. The van der Waals surface area contributed by atoms with Crippen LogP contribution in [0.2, 0.25) is 0 Å². The lowest BCUT2D eigenvalue weighted by Crippen LogP contribution is -2.36. The maximum absolute atomic E-state index is 15.0. The van der Waals surface area contributed by atoms with Crippen molar-refractivity contribution >= 4 is 22.6 Å². The second-order valence-corrected chi connectivity index (χ2v) is 11.3. The predicted molar refractivity (Wildman–Crippen MR) is 155 cm³/mol. The van der Waals surface area contributed by atoms with Gasteiger partial charge in [0.05, 0.1) is 5.69 Å². The molecule has 4 aromatic rings. The molecule has 1 amide bonds. The monoisotopic (exact) mass is 560 g/mol. The van der Waals surface area contributed by atoms with Crippen LogP contribution in [0.1, 0.15) is 58.9 Å². The summed E-state index contributed by atoms with van der Waals surface area (Å²) < 4.78 is 33.8. The van der Waals surface area contributed by atoms with E-state index >= 15 is 8.78 Å². The minimum absolute atomic E-state index is 0.0147. The van der Waals surface area contributed by atoms with Crippen LogP contribution in [0.5, 0.6) is 0 Å². The van der Waals surface area contributed by atoms with Crippen molar-refractivity contribution in [3.8, 4) is 5.69 Å². The highest BCUT2D eigenvalue weighted by Gasteiger charge is 2.30. The molecule has 5 heterocycles. The molecule has 6 rings (SSSR count). The zero-order valence-electron chi connectivity index (χ0n) is 23.7. The number of aryl methyl sites for hydroxylation is 1. The van der Waals surface area contributed by atoms with Gasteiger partial charge in [-0.3, -0.25) is 19.1 Å². The average molecular weight is 561 g/mol. The number of halogens is 2. The number of rotatable bonds is 5. The fourth-order valence-corrected chi connectivity index (χ4v) is 6.45. The van der Waals surface area contributed by atoms with Gasteiger partial charge in [-0.25, -0.2) is 13.8 Å². The van der Waals surface area contributed by atoms with Gasteiger partial charge in [0, 0.05) is 79.6 Å². The highest BCUT2D eigenvalue weighted by molar-refractivity contribution is 5.94. The molecule has 0 bridgehead atoms. The average Bonchev–Trinajstić information content (AvgIpc) is 3.58. The molecule has 1 aromatic carbocycles. The van der Waals surface area contributed by atoms with Gasteiger partial charge in [-0.1, -0.05) is 0 Å². The Labute approximate surface area is 237 Å². The summed E-state index contributed by atoms with van der Waals surface area (Å²) in [5, 5.41) is 4.16. The van der Waals surface area contributed by atoms with Crippen LogP contribution in [-0.4, -0.2) is 63.6 Å². The molecule has 1 atom stereocenters. The Bertz CT molecular complexity index is 1690. The van der Waals surface area contributed by atoms with Crippen LogP contribution < -0.4 is 10.9 Å². The molecule has 1 saturated heterocycles. The first-order chi connectivity index (χ1) is 19.7. The largest absolute Gasteiger partial charge is 0.384 e. The summed E-state index contributed by atoms with van der Waals surface area (Å²) in [5.41, 5.74) is 4.42. The molecule has 0 saturated carbocycles. The van der Waals surface area contributed by atoms with Crippen LogP contribution in [0.15, 0.2) is 47.5 Å². The summed E-state index contributed by atoms with van der Waals surface area (Å²) >= 11 is 0. The first-order valence-electron chi connectivity index (χ1n) is 14.0. The van der Waals surface area contributed by atoms with Gasteiger partial charge >= 0.3 is 0 Å². The molecule has 0 aliphatic carbocycles. The van der Waals surface area contributed by atoms with Crippen LogP contribution in [0, 0.1) is 11.6 Å². The van der Waals surface area contributed by atoms with E-state index in [9.17, 15) is 9.59 Å². The van der Waals surface area contributed by atoms with Crippen molar-refractivity contribution in [2.75, 3.05) is 39.0 Å². The van der Waals surface area contributed by atoms with Gasteiger partial charge in [0.2, 0.25) is 0 Å². The molecule has 8 nitrogen and oxygen atoms in total. The Hall–Kier alpha value is -4.05. The van der Waals surface area contributed by atoms with E-state index in [4.69, 9.17) is 0 Å². The Balaban J connectivity index is 1.24. The van der Waals surface area contributed by atoms with Crippen molar-refractivity contribution in [2.24, 2.45) is 7.05 Å². The van der Waals surface area contributed by atoms with Crippen LogP contribution >= 0.6 is 0 Å². The van der Waals surface area contributed by atoms with E-state index < -0.39 is 17.5 Å². The topological polar surface area (TPSA) is 75.4 Å². The summed E-state index contributed by atoms with van der Waals surface area (Å²) in [6.45, 7) is 4.24. The van der Waals surface area contributed by atoms with Crippen molar-refractivity contribution in [3.05, 3.63) is 87.1 Å². The molecule has 214 valence electrons. The number of nitrogens with one attached hydrogen (secondary N) is 1. The zero-order chi connectivity index (χ0) is 29.0. The molecule has 2 aliphatic heterocycles. The first kappa shape index (κ1) is 27.1. The lowest BCUT2D eigenvalue weighted by atomic mass is 9.87. The fraction of sp³-hybridized carbons (Fsp3) is 0.387. The van der Waals surface area contributed by atoms with Gasteiger partial charge in [-0.15, -0.1) is 0 Å². The van der Waals surface area contributed by atoms with Crippen LogP contribution in [0.4, 0.5) is 14.5 Å². The van der Waals surface area contributed by atoms with Gasteiger partial charge in [0.1, 0.15) is 17.3 Å². The summed E-state index contributed by atoms with van der Waals surface area (Å²) in [6, 6.07) is 8.26. The number of likely N-dealkylation sites (tertiary alicyclic amines) is 1. The van der Waals surface area contributed by atoms with Crippen molar-refractivity contribution in [1.29, 1.82) is 0 Å². The third-order valence-corrected chi connectivity index (χ3v) is 8.73. The summed E-state index contributed by atoms with van der Waals surface area (Å²) in [4.78, 5) is 33.7. The van der Waals surface area contributed by atoms with Crippen molar-refractivity contribution in [2.45, 2.75) is 38.1 Å². The molecule has 1 N–H and O–H groups in total.